The van der Waals surface area contributed by atoms with Crippen molar-refractivity contribution >= 4 is 44.1 Å². The Morgan fingerprint density at radius 2 is 0.839 bits per heavy atom. The Morgan fingerprint density at radius 1 is 0.446 bits per heavy atom. The number of rotatable bonds is 12. The van der Waals surface area contributed by atoms with E-state index in [1.807, 2.05) is 61.5 Å². The molecular weight excluding hydrogens is 717 g/mol. The number of hydrogen-bond acceptors (Lipinski definition) is 13. The van der Waals surface area contributed by atoms with E-state index in [1.165, 1.54) is 0 Å². The van der Waals surface area contributed by atoms with Crippen molar-refractivity contribution in [3.8, 4) is 68.5 Å². The Kier molecular flexibility index (Phi) is 9.30. The molecule has 56 heavy (non-hydrogen) atoms. The highest BCUT2D eigenvalue weighted by molar-refractivity contribution is 6.10. The van der Waals surface area contributed by atoms with Crippen molar-refractivity contribution in [2.45, 2.75) is 13.3 Å². The minimum Gasteiger partial charge on any atom is -0.493 e. The zero-order valence-electron chi connectivity index (χ0n) is 30.2. The molecule has 4 aromatic carbocycles. The molecule has 15 heteroatoms. The van der Waals surface area contributed by atoms with E-state index in [2.05, 4.69) is 9.97 Å². The minimum absolute atomic E-state index is 0.0604. The third-order valence-corrected chi connectivity index (χ3v) is 9.29. The molecule has 15 nitrogen and oxygen atoms in total. The molecular formula is C41H36N8O7. The standard InChI is InChI=1S/C41H36N8O7/c1-2-18-53-26-11-3-7-22-30(26)38-42-34(22)44-39-32-24(9-5-13-28(32)55-20-16-51)36(46-39)48-41-33-25(10-6-14-29(33)56-21-17-52)37(49-41)47-40-31-23(35(43-38)45-40)8-4-12-27(31)54-19-15-50/h3-14,50-52H,2,15-21H2,1H3,(H2,42,43,44,45,46,47,48,49). The van der Waals surface area contributed by atoms with E-state index in [-0.39, 0.29) is 39.6 Å². The van der Waals surface area contributed by atoms with Crippen molar-refractivity contribution in [3.05, 3.63) is 72.8 Å². The smallest absolute Gasteiger partial charge is 0.168 e. The lowest BCUT2D eigenvalue weighted by Crippen LogP contribution is -2.02. The van der Waals surface area contributed by atoms with Gasteiger partial charge in [0.2, 0.25) is 0 Å². The van der Waals surface area contributed by atoms with Gasteiger partial charge in [-0.15, -0.1) is 0 Å². The average Bonchev–Trinajstić information content (AvgIpc) is 3.96. The van der Waals surface area contributed by atoms with Crippen LogP contribution in [0.1, 0.15) is 13.3 Å². The number of H-pyrrole nitrogens is 2. The molecule has 0 spiro atoms. The van der Waals surface area contributed by atoms with Gasteiger partial charge in [0.1, 0.15) is 65.4 Å². The average molecular weight is 753 g/mol. The van der Waals surface area contributed by atoms with Crippen LogP contribution in [-0.4, -0.2) is 101 Å². The molecule has 8 bridgehead atoms. The topological polar surface area (TPSA) is 207 Å². The van der Waals surface area contributed by atoms with Gasteiger partial charge >= 0.3 is 0 Å². The highest BCUT2D eigenvalue weighted by atomic mass is 16.5. The van der Waals surface area contributed by atoms with E-state index in [4.69, 9.17) is 48.9 Å². The maximum Gasteiger partial charge on any atom is 0.168 e. The summed E-state index contributed by atoms with van der Waals surface area (Å²) in [5.74, 6) is 3.43. The predicted molar refractivity (Wildman–Crippen MR) is 210 cm³/mol. The maximum atomic E-state index is 9.66. The Labute approximate surface area is 318 Å². The molecule has 9 rings (SSSR count). The number of aromatic nitrogens is 8. The molecule has 7 aromatic rings. The summed E-state index contributed by atoms with van der Waals surface area (Å²) in [4.78, 5) is 37.3. The fourth-order valence-electron chi connectivity index (χ4n) is 7.02. The van der Waals surface area contributed by atoms with Crippen LogP contribution in [0.25, 0.3) is 89.7 Å². The summed E-state index contributed by atoms with van der Waals surface area (Å²) in [6.07, 6.45) is 0.803. The fourth-order valence-corrected chi connectivity index (χ4v) is 7.02. The van der Waals surface area contributed by atoms with E-state index in [0.29, 0.717) is 114 Å². The van der Waals surface area contributed by atoms with Crippen LogP contribution in [0.5, 0.6) is 23.0 Å². The monoisotopic (exact) mass is 752 g/mol. The number of nitrogens with zero attached hydrogens (tertiary/aromatic N) is 6. The molecule has 0 aliphatic carbocycles. The number of aliphatic hydroxyl groups excluding tert-OH is 3. The van der Waals surface area contributed by atoms with Crippen LogP contribution >= 0.6 is 0 Å². The Morgan fingerprint density at radius 3 is 1.29 bits per heavy atom. The van der Waals surface area contributed by atoms with Crippen LogP contribution in [0.4, 0.5) is 0 Å². The van der Waals surface area contributed by atoms with Crippen molar-refractivity contribution < 1.29 is 34.3 Å². The van der Waals surface area contributed by atoms with Crippen LogP contribution in [0.2, 0.25) is 0 Å². The summed E-state index contributed by atoms with van der Waals surface area (Å²) in [7, 11) is 0. The first kappa shape index (κ1) is 35.0. The van der Waals surface area contributed by atoms with Crippen LogP contribution < -0.4 is 18.9 Å². The predicted octanol–water partition coefficient (Wildman–Crippen LogP) is 5.77. The quantitative estimate of drug-likeness (QED) is 0.101. The van der Waals surface area contributed by atoms with Crippen LogP contribution in [-0.2, 0) is 0 Å². The molecule has 0 atom stereocenters. The molecule has 0 fully saturated rings. The Bertz CT molecular complexity index is 2610. The van der Waals surface area contributed by atoms with E-state index in [0.717, 1.165) is 11.8 Å². The number of nitrogens with one attached hydrogen (secondary N) is 2. The van der Waals surface area contributed by atoms with E-state index in [1.54, 1.807) is 18.2 Å². The van der Waals surface area contributed by atoms with E-state index in [9.17, 15) is 15.3 Å². The first-order valence-electron chi connectivity index (χ1n) is 18.3. The van der Waals surface area contributed by atoms with Crippen LogP contribution in [0, 0.1) is 0 Å². The van der Waals surface area contributed by atoms with E-state index < -0.39 is 0 Å². The lowest BCUT2D eigenvalue weighted by Gasteiger charge is -2.09. The lowest BCUT2D eigenvalue weighted by molar-refractivity contribution is 0.202. The molecule has 0 saturated heterocycles. The normalized spacial score (nSPS) is 11.8. The third-order valence-electron chi connectivity index (χ3n) is 9.29. The molecule has 2 aliphatic heterocycles. The third kappa shape index (κ3) is 6.07. The van der Waals surface area contributed by atoms with Crippen molar-refractivity contribution in [2.75, 3.05) is 46.2 Å². The maximum absolute atomic E-state index is 9.66. The van der Waals surface area contributed by atoms with Crippen molar-refractivity contribution in [1.29, 1.82) is 0 Å². The molecule has 0 amide bonds. The fraction of sp³-hybridized carbons (Fsp3) is 0.220. The summed E-state index contributed by atoms with van der Waals surface area (Å²) in [6, 6.07) is 22.4. The Hall–Kier alpha value is -6.68. The second kappa shape index (κ2) is 14.9. The zero-order valence-corrected chi connectivity index (χ0v) is 30.2. The molecule has 0 radical (unpaired) electrons. The van der Waals surface area contributed by atoms with Gasteiger partial charge in [-0.2, -0.15) is 0 Å². The van der Waals surface area contributed by atoms with Gasteiger partial charge in [0.25, 0.3) is 0 Å². The largest absolute Gasteiger partial charge is 0.493 e. The first-order chi connectivity index (χ1) is 27.6. The van der Waals surface area contributed by atoms with Crippen molar-refractivity contribution in [1.82, 2.24) is 39.9 Å². The highest BCUT2D eigenvalue weighted by Gasteiger charge is 2.27. The number of benzene rings is 4. The molecule has 282 valence electrons. The molecule has 2 aliphatic rings. The van der Waals surface area contributed by atoms with Crippen LogP contribution in [0.3, 0.4) is 0 Å². The van der Waals surface area contributed by atoms with Crippen LogP contribution in [0.15, 0.2) is 72.8 Å². The van der Waals surface area contributed by atoms with Gasteiger partial charge < -0.3 is 44.2 Å². The molecule has 0 unspecified atom stereocenters. The number of hydrogen-bond donors (Lipinski definition) is 5. The van der Waals surface area contributed by atoms with Gasteiger partial charge in [-0.3, -0.25) is 0 Å². The van der Waals surface area contributed by atoms with Crippen molar-refractivity contribution in [3.63, 3.8) is 0 Å². The second-order valence-electron chi connectivity index (χ2n) is 12.9. The number of aliphatic hydroxyl groups is 3. The number of fused-ring (bicyclic) bond motifs is 20. The van der Waals surface area contributed by atoms with Crippen molar-refractivity contribution in [2.24, 2.45) is 0 Å². The Balaban J connectivity index is 1.46. The number of ether oxygens (including phenoxy) is 4. The number of aromatic amines is 2. The second-order valence-corrected chi connectivity index (χ2v) is 12.9. The van der Waals surface area contributed by atoms with Gasteiger partial charge in [0.15, 0.2) is 23.3 Å². The molecule has 5 heterocycles. The SMILES string of the molecule is CCCOc1cccc2c3nc4nc(nc5[nH]c(nc6nc(nc([nH]3)c12)-c1cccc(OCCO)c1-6)c1cccc(OCCO)c51)-c1cccc(OCCO)c1-4. The molecule has 3 aromatic heterocycles. The zero-order chi connectivity index (χ0) is 38.2. The van der Waals surface area contributed by atoms with Gasteiger partial charge in [0, 0.05) is 21.9 Å². The van der Waals surface area contributed by atoms with E-state index >= 15 is 0 Å². The summed E-state index contributed by atoms with van der Waals surface area (Å²) in [6.45, 7) is 2.18. The van der Waals surface area contributed by atoms with Gasteiger partial charge in [-0.25, -0.2) is 29.9 Å². The summed E-state index contributed by atoms with van der Waals surface area (Å²) in [5, 5.41) is 31.7. The summed E-state index contributed by atoms with van der Waals surface area (Å²) < 4.78 is 24.3. The summed E-state index contributed by atoms with van der Waals surface area (Å²) >= 11 is 0. The molecule has 5 N–H and O–H groups in total. The van der Waals surface area contributed by atoms with Gasteiger partial charge in [-0.1, -0.05) is 55.5 Å². The lowest BCUT2D eigenvalue weighted by atomic mass is 10.1. The van der Waals surface area contributed by atoms with Gasteiger partial charge in [-0.05, 0) is 30.7 Å². The van der Waals surface area contributed by atoms with Gasteiger partial charge in [0.05, 0.1) is 48.3 Å². The first-order valence-corrected chi connectivity index (χ1v) is 18.3. The minimum atomic E-state index is -0.186. The summed E-state index contributed by atoms with van der Waals surface area (Å²) in [5.41, 5.74) is 4.28. The highest BCUT2D eigenvalue weighted by Crippen LogP contribution is 2.44. The molecule has 0 saturated carbocycles.